The third-order valence-corrected chi connectivity index (χ3v) is 4.58. The lowest BCUT2D eigenvalue weighted by molar-refractivity contribution is -0.134. The molecule has 0 saturated carbocycles. The van der Waals surface area contributed by atoms with E-state index in [1.165, 1.54) is 12.1 Å². The van der Waals surface area contributed by atoms with Gasteiger partial charge < -0.3 is 10.2 Å². The second kappa shape index (κ2) is 8.94. The van der Waals surface area contributed by atoms with Gasteiger partial charge in [-0.25, -0.2) is 4.39 Å². The molecule has 1 aliphatic rings. The molecule has 1 fully saturated rings. The normalized spacial score (nSPS) is 19.2. The fraction of sp³-hybridized carbons (Fsp3) is 0.579. The van der Waals surface area contributed by atoms with Crippen molar-refractivity contribution in [3.8, 4) is 0 Å². The first-order valence-corrected chi connectivity index (χ1v) is 8.93. The molecule has 0 spiro atoms. The Hall–Kier alpha value is -1.95. The average Bonchev–Trinajstić information content (AvgIpc) is 2.70. The van der Waals surface area contributed by atoms with Crippen molar-refractivity contribution in [2.24, 2.45) is 5.92 Å². The Bertz CT molecular complexity index is 589. The minimum Gasteiger partial charge on any atom is -0.355 e. The predicted octanol–water partition coefficient (Wildman–Crippen LogP) is 2.02. The topological polar surface area (TPSA) is 52.7 Å². The van der Waals surface area contributed by atoms with Crippen molar-refractivity contribution in [1.29, 1.82) is 0 Å². The molecule has 0 bridgehead atoms. The molecule has 1 saturated heterocycles. The summed E-state index contributed by atoms with van der Waals surface area (Å²) in [6, 6.07) is 6.30. The summed E-state index contributed by atoms with van der Waals surface area (Å²) in [6.07, 6.45) is 0.393. The maximum Gasteiger partial charge on any atom is 0.234 e. The molecule has 1 aromatic carbocycles. The van der Waals surface area contributed by atoms with E-state index in [9.17, 15) is 14.0 Å². The molecule has 5 nitrogen and oxygen atoms in total. The van der Waals surface area contributed by atoms with Crippen LogP contribution >= 0.6 is 0 Å². The molecule has 2 rings (SSSR count). The van der Waals surface area contributed by atoms with Crippen molar-refractivity contribution in [3.05, 3.63) is 35.6 Å². The molecule has 1 atom stereocenters. The van der Waals surface area contributed by atoms with Gasteiger partial charge >= 0.3 is 0 Å². The zero-order valence-electron chi connectivity index (χ0n) is 15.3. The Kier molecular flexibility index (Phi) is 6.93. The summed E-state index contributed by atoms with van der Waals surface area (Å²) < 4.78 is 13.1. The van der Waals surface area contributed by atoms with E-state index >= 15 is 0 Å². The number of carbonyl (C=O) groups is 2. The number of carbonyl (C=O) groups excluding carboxylic acids is 2. The fourth-order valence-corrected chi connectivity index (χ4v) is 3.20. The van der Waals surface area contributed by atoms with Crippen LogP contribution in [0.2, 0.25) is 0 Å². The molecule has 1 heterocycles. The SMILES string of the molecule is CCNC(=O)CN1CCC(=O)N(Cc2ccc(F)cc2)[C@@H](C(C)C)C1. The van der Waals surface area contributed by atoms with Crippen LogP contribution in [0.3, 0.4) is 0 Å². The molecule has 6 heteroatoms. The molecule has 0 aliphatic carbocycles. The Balaban J connectivity index is 2.13. The Morgan fingerprint density at radius 3 is 2.60 bits per heavy atom. The number of likely N-dealkylation sites (N-methyl/N-ethyl adjacent to an activating group) is 1. The van der Waals surface area contributed by atoms with Gasteiger partial charge in [0, 0.05) is 38.6 Å². The summed E-state index contributed by atoms with van der Waals surface area (Å²) in [7, 11) is 0. The zero-order chi connectivity index (χ0) is 18.4. The van der Waals surface area contributed by atoms with Gasteiger partial charge in [-0.15, -0.1) is 0 Å². The van der Waals surface area contributed by atoms with Crippen molar-refractivity contribution in [2.45, 2.75) is 39.8 Å². The number of amides is 2. The highest BCUT2D eigenvalue weighted by Crippen LogP contribution is 2.21. The van der Waals surface area contributed by atoms with Crippen molar-refractivity contribution < 1.29 is 14.0 Å². The van der Waals surface area contributed by atoms with E-state index in [-0.39, 0.29) is 29.6 Å². The van der Waals surface area contributed by atoms with E-state index in [1.54, 1.807) is 12.1 Å². The molecule has 1 aromatic rings. The van der Waals surface area contributed by atoms with Gasteiger partial charge in [-0.3, -0.25) is 14.5 Å². The number of nitrogens with zero attached hydrogens (tertiary/aromatic N) is 2. The summed E-state index contributed by atoms with van der Waals surface area (Å²) in [6.45, 7) is 8.71. The lowest BCUT2D eigenvalue weighted by Gasteiger charge is -2.34. The number of nitrogens with one attached hydrogen (secondary N) is 1. The van der Waals surface area contributed by atoms with Crippen LogP contribution in [0.15, 0.2) is 24.3 Å². The van der Waals surface area contributed by atoms with Crippen molar-refractivity contribution in [3.63, 3.8) is 0 Å². The third-order valence-electron chi connectivity index (χ3n) is 4.58. The van der Waals surface area contributed by atoms with Gasteiger partial charge in [0.2, 0.25) is 11.8 Å². The van der Waals surface area contributed by atoms with Crippen LogP contribution in [0.5, 0.6) is 0 Å². The fourth-order valence-electron chi connectivity index (χ4n) is 3.20. The van der Waals surface area contributed by atoms with Crippen LogP contribution in [0.4, 0.5) is 4.39 Å². The standard InChI is InChI=1S/C19H28FN3O2/c1-4-21-18(24)13-22-10-9-19(25)23(17(12-22)14(2)3)11-15-5-7-16(20)8-6-15/h5-8,14,17H,4,9-13H2,1-3H3,(H,21,24)/t17-/m1/s1. The Morgan fingerprint density at radius 2 is 2.00 bits per heavy atom. The molecular formula is C19H28FN3O2. The van der Waals surface area contributed by atoms with Gasteiger partial charge in [0.05, 0.1) is 6.54 Å². The summed E-state index contributed by atoms with van der Waals surface area (Å²) in [5.41, 5.74) is 0.914. The van der Waals surface area contributed by atoms with Gasteiger partial charge in [0.15, 0.2) is 0 Å². The maximum absolute atomic E-state index is 13.1. The van der Waals surface area contributed by atoms with Gasteiger partial charge in [-0.05, 0) is 30.5 Å². The van der Waals surface area contributed by atoms with E-state index in [4.69, 9.17) is 0 Å². The molecular weight excluding hydrogens is 321 g/mol. The van der Waals surface area contributed by atoms with Crippen molar-refractivity contribution in [1.82, 2.24) is 15.1 Å². The summed E-state index contributed by atoms with van der Waals surface area (Å²) in [5, 5.41) is 2.81. The molecule has 0 radical (unpaired) electrons. The first kappa shape index (κ1) is 19.4. The van der Waals surface area contributed by atoms with Gasteiger partial charge in [-0.2, -0.15) is 0 Å². The number of rotatable bonds is 6. The maximum atomic E-state index is 13.1. The quantitative estimate of drug-likeness (QED) is 0.855. The summed E-state index contributed by atoms with van der Waals surface area (Å²) in [4.78, 5) is 28.5. The summed E-state index contributed by atoms with van der Waals surface area (Å²) >= 11 is 0. The summed E-state index contributed by atoms with van der Waals surface area (Å²) in [5.74, 6) is 0.0598. The van der Waals surface area contributed by atoms with Crippen molar-refractivity contribution >= 4 is 11.8 Å². The van der Waals surface area contributed by atoms with Crippen molar-refractivity contribution in [2.75, 3.05) is 26.2 Å². The monoisotopic (exact) mass is 349 g/mol. The van der Waals surface area contributed by atoms with Crippen LogP contribution in [-0.4, -0.2) is 53.8 Å². The van der Waals surface area contributed by atoms with Crippen LogP contribution in [0.1, 0.15) is 32.8 Å². The van der Waals surface area contributed by atoms with E-state index in [2.05, 4.69) is 24.1 Å². The average molecular weight is 349 g/mol. The zero-order valence-corrected chi connectivity index (χ0v) is 15.3. The van der Waals surface area contributed by atoms with E-state index in [0.717, 1.165) is 5.56 Å². The van der Waals surface area contributed by atoms with Crippen LogP contribution in [0, 0.1) is 11.7 Å². The van der Waals surface area contributed by atoms with Crippen LogP contribution in [0.25, 0.3) is 0 Å². The van der Waals surface area contributed by atoms with Crippen LogP contribution < -0.4 is 5.32 Å². The molecule has 1 aliphatic heterocycles. The molecule has 2 amide bonds. The second-order valence-corrected chi connectivity index (χ2v) is 6.90. The van der Waals surface area contributed by atoms with E-state index in [0.29, 0.717) is 39.1 Å². The predicted molar refractivity (Wildman–Crippen MR) is 95.3 cm³/mol. The van der Waals surface area contributed by atoms with E-state index < -0.39 is 0 Å². The molecule has 1 N–H and O–H groups in total. The van der Waals surface area contributed by atoms with E-state index in [1.807, 2.05) is 11.8 Å². The third kappa shape index (κ3) is 5.53. The molecule has 0 aromatic heterocycles. The lowest BCUT2D eigenvalue weighted by atomic mass is 10.0. The Morgan fingerprint density at radius 1 is 1.32 bits per heavy atom. The highest BCUT2D eigenvalue weighted by Gasteiger charge is 2.32. The molecule has 25 heavy (non-hydrogen) atoms. The number of benzene rings is 1. The number of halogens is 1. The first-order valence-electron chi connectivity index (χ1n) is 8.93. The highest BCUT2D eigenvalue weighted by atomic mass is 19.1. The van der Waals surface area contributed by atoms with Crippen LogP contribution in [-0.2, 0) is 16.1 Å². The Labute approximate surface area is 149 Å². The lowest BCUT2D eigenvalue weighted by Crippen LogP contribution is -2.47. The molecule has 138 valence electrons. The van der Waals surface area contributed by atoms with Gasteiger partial charge in [0.1, 0.15) is 5.82 Å². The van der Waals surface area contributed by atoms with Gasteiger partial charge in [0.25, 0.3) is 0 Å². The number of hydrogen-bond acceptors (Lipinski definition) is 3. The first-order chi connectivity index (χ1) is 11.9. The highest BCUT2D eigenvalue weighted by molar-refractivity contribution is 5.79. The largest absolute Gasteiger partial charge is 0.355 e. The van der Waals surface area contributed by atoms with Gasteiger partial charge in [-0.1, -0.05) is 26.0 Å². The minimum absolute atomic E-state index is 0.00978. The molecule has 0 unspecified atom stereocenters. The number of hydrogen-bond donors (Lipinski definition) is 1. The minimum atomic E-state index is -0.278. The smallest absolute Gasteiger partial charge is 0.234 e. The second-order valence-electron chi connectivity index (χ2n) is 6.90.